The van der Waals surface area contributed by atoms with Gasteiger partial charge in [-0.1, -0.05) is 42.5 Å². The second-order valence-electron chi connectivity index (χ2n) is 7.66. The van der Waals surface area contributed by atoms with Gasteiger partial charge in [-0.15, -0.1) is 11.3 Å². The number of halogens is 1. The minimum Gasteiger partial charge on any atom is -0.298 e. The largest absolute Gasteiger partial charge is 0.298 e. The van der Waals surface area contributed by atoms with Gasteiger partial charge in [0.1, 0.15) is 5.82 Å². The van der Waals surface area contributed by atoms with Gasteiger partial charge in [0.25, 0.3) is 15.9 Å². The molecular weight excluding hydrogens is 485 g/mol. The predicted molar refractivity (Wildman–Crippen MR) is 137 cm³/mol. The van der Waals surface area contributed by atoms with Crippen molar-refractivity contribution in [2.75, 3.05) is 10.0 Å². The molecule has 35 heavy (non-hydrogen) atoms. The van der Waals surface area contributed by atoms with Gasteiger partial charge in [0, 0.05) is 22.2 Å². The Morgan fingerprint density at radius 2 is 1.57 bits per heavy atom. The highest BCUT2D eigenvalue weighted by molar-refractivity contribution is 7.92. The Bertz CT molecular complexity index is 1630. The number of benzene rings is 4. The number of hydrogen-bond acceptors (Lipinski definition) is 5. The lowest BCUT2D eigenvalue weighted by atomic mass is 10.0. The molecule has 1 heterocycles. The molecule has 0 bridgehead atoms. The van der Waals surface area contributed by atoms with E-state index in [2.05, 4.69) is 15.0 Å². The summed E-state index contributed by atoms with van der Waals surface area (Å²) < 4.78 is 40.4. The fraction of sp³-hybridized carbons (Fsp3) is 0. The van der Waals surface area contributed by atoms with E-state index in [0.717, 1.165) is 34.2 Å². The third-order valence-corrected chi connectivity index (χ3v) is 7.47. The fourth-order valence-corrected chi connectivity index (χ4v) is 5.35. The molecule has 0 spiro atoms. The summed E-state index contributed by atoms with van der Waals surface area (Å²) >= 11 is 1.32. The summed E-state index contributed by atoms with van der Waals surface area (Å²) in [6.45, 7) is 0. The van der Waals surface area contributed by atoms with E-state index in [-0.39, 0.29) is 16.5 Å². The Balaban J connectivity index is 1.29. The molecule has 1 aromatic heterocycles. The first-order valence-corrected chi connectivity index (χ1v) is 12.9. The van der Waals surface area contributed by atoms with Crippen molar-refractivity contribution in [2.24, 2.45) is 0 Å². The zero-order valence-corrected chi connectivity index (χ0v) is 19.7. The number of nitrogens with zero attached hydrogens (tertiary/aromatic N) is 1. The molecule has 9 heteroatoms. The predicted octanol–water partition coefficient (Wildman–Crippen LogP) is 6.16. The van der Waals surface area contributed by atoms with Crippen LogP contribution in [-0.4, -0.2) is 19.3 Å². The number of nitrogens with one attached hydrogen (secondary N) is 2. The minimum atomic E-state index is -3.88. The molecule has 5 aromatic rings. The molecule has 5 rings (SSSR count). The average Bonchev–Trinajstić information content (AvgIpc) is 3.32. The van der Waals surface area contributed by atoms with Crippen molar-refractivity contribution in [1.29, 1.82) is 0 Å². The summed E-state index contributed by atoms with van der Waals surface area (Å²) in [6, 6.07) is 24.5. The highest BCUT2D eigenvalue weighted by Gasteiger charge is 2.15. The smallest absolute Gasteiger partial charge is 0.261 e. The molecule has 174 valence electrons. The lowest BCUT2D eigenvalue weighted by Crippen LogP contribution is -2.14. The van der Waals surface area contributed by atoms with Crippen LogP contribution < -0.4 is 10.0 Å². The molecule has 0 atom stereocenters. The SMILES string of the molecule is O=C(Nc1nc(-c2cccc3ccccc23)cs1)c1ccc(NS(=O)(=O)c2ccc(F)cc2)cc1. The van der Waals surface area contributed by atoms with Crippen molar-refractivity contribution in [2.45, 2.75) is 4.90 Å². The average molecular weight is 504 g/mol. The zero-order chi connectivity index (χ0) is 24.4. The van der Waals surface area contributed by atoms with Crippen molar-refractivity contribution in [1.82, 2.24) is 4.98 Å². The summed E-state index contributed by atoms with van der Waals surface area (Å²) in [5, 5.41) is 7.33. The fourth-order valence-electron chi connectivity index (χ4n) is 3.59. The summed E-state index contributed by atoms with van der Waals surface area (Å²) in [5.41, 5.74) is 2.38. The molecule has 4 aromatic carbocycles. The highest BCUT2D eigenvalue weighted by atomic mass is 32.2. The van der Waals surface area contributed by atoms with Gasteiger partial charge in [-0.2, -0.15) is 0 Å². The Hall–Kier alpha value is -4.08. The zero-order valence-electron chi connectivity index (χ0n) is 18.1. The van der Waals surface area contributed by atoms with Crippen LogP contribution in [0.5, 0.6) is 0 Å². The van der Waals surface area contributed by atoms with Crippen LogP contribution in [0.15, 0.2) is 101 Å². The number of rotatable bonds is 6. The van der Waals surface area contributed by atoms with Crippen molar-refractivity contribution in [3.63, 3.8) is 0 Å². The second kappa shape index (κ2) is 9.28. The lowest BCUT2D eigenvalue weighted by Gasteiger charge is -2.09. The van der Waals surface area contributed by atoms with Gasteiger partial charge in [0.15, 0.2) is 5.13 Å². The van der Waals surface area contributed by atoms with Gasteiger partial charge >= 0.3 is 0 Å². The van der Waals surface area contributed by atoms with Gasteiger partial charge in [-0.05, 0) is 59.3 Å². The van der Waals surface area contributed by atoms with Crippen LogP contribution in [0.25, 0.3) is 22.0 Å². The van der Waals surface area contributed by atoms with Crippen LogP contribution in [0.2, 0.25) is 0 Å². The number of fused-ring (bicyclic) bond motifs is 1. The Morgan fingerprint density at radius 1 is 0.857 bits per heavy atom. The van der Waals surface area contributed by atoms with E-state index in [1.165, 1.54) is 47.7 Å². The maximum atomic E-state index is 13.1. The second-order valence-corrected chi connectivity index (χ2v) is 10.2. The molecule has 0 radical (unpaired) electrons. The number of carbonyl (C=O) groups is 1. The van der Waals surface area contributed by atoms with Crippen LogP contribution in [0, 0.1) is 5.82 Å². The van der Waals surface area contributed by atoms with E-state index in [1.54, 1.807) is 0 Å². The van der Waals surface area contributed by atoms with Crippen molar-refractivity contribution < 1.29 is 17.6 Å². The quantitative estimate of drug-likeness (QED) is 0.291. The maximum Gasteiger partial charge on any atom is 0.261 e. The summed E-state index contributed by atoms with van der Waals surface area (Å²) in [5.74, 6) is -0.888. The molecule has 0 aliphatic carbocycles. The monoisotopic (exact) mass is 503 g/mol. The Kier molecular flexibility index (Phi) is 6.02. The molecule has 0 saturated heterocycles. The normalized spacial score (nSPS) is 11.3. The topological polar surface area (TPSA) is 88.2 Å². The number of sulfonamides is 1. The minimum absolute atomic E-state index is 0.0634. The van der Waals surface area contributed by atoms with Crippen molar-refractivity contribution in [3.05, 3.63) is 108 Å². The van der Waals surface area contributed by atoms with Crippen LogP contribution in [0.4, 0.5) is 15.2 Å². The van der Waals surface area contributed by atoms with E-state index < -0.39 is 15.8 Å². The van der Waals surface area contributed by atoms with Gasteiger partial charge < -0.3 is 0 Å². The van der Waals surface area contributed by atoms with Gasteiger partial charge in [0.05, 0.1) is 10.6 Å². The van der Waals surface area contributed by atoms with Crippen LogP contribution >= 0.6 is 11.3 Å². The van der Waals surface area contributed by atoms with Gasteiger partial charge in [0.2, 0.25) is 0 Å². The first-order valence-electron chi connectivity index (χ1n) is 10.5. The van der Waals surface area contributed by atoms with E-state index in [1.807, 2.05) is 47.8 Å². The van der Waals surface area contributed by atoms with Gasteiger partial charge in [-0.3, -0.25) is 14.8 Å². The van der Waals surface area contributed by atoms with Crippen LogP contribution in [0.3, 0.4) is 0 Å². The van der Waals surface area contributed by atoms with E-state index in [0.29, 0.717) is 10.7 Å². The number of hydrogen-bond donors (Lipinski definition) is 2. The number of thiazole rings is 1. The highest BCUT2D eigenvalue weighted by Crippen LogP contribution is 2.31. The van der Waals surface area contributed by atoms with E-state index >= 15 is 0 Å². The lowest BCUT2D eigenvalue weighted by molar-refractivity contribution is 0.102. The molecule has 2 N–H and O–H groups in total. The molecule has 0 aliphatic rings. The molecular formula is C26H18FN3O3S2. The molecule has 1 amide bonds. The molecule has 6 nitrogen and oxygen atoms in total. The van der Waals surface area contributed by atoms with Crippen molar-refractivity contribution in [3.8, 4) is 11.3 Å². The van der Waals surface area contributed by atoms with Crippen LogP contribution in [0.1, 0.15) is 10.4 Å². The molecule has 0 fully saturated rings. The molecule has 0 unspecified atom stereocenters. The van der Waals surface area contributed by atoms with E-state index in [4.69, 9.17) is 0 Å². The summed E-state index contributed by atoms with van der Waals surface area (Å²) in [4.78, 5) is 17.2. The van der Waals surface area contributed by atoms with Gasteiger partial charge in [-0.25, -0.2) is 17.8 Å². The van der Waals surface area contributed by atoms with E-state index in [9.17, 15) is 17.6 Å². The summed E-state index contributed by atoms with van der Waals surface area (Å²) in [7, 11) is -3.88. The first kappa shape index (κ1) is 22.7. The number of carbonyl (C=O) groups excluding carboxylic acids is 1. The third-order valence-electron chi connectivity index (χ3n) is 5.31. The van der Waals surface area contributed by atoms with Crippen molar-refractivity contribution >= 4 is 48.9 Å². The van der Waals surface area contributed by atoms with Crippen LogP contribution in [-0.2, 0) is 10.0 Å². The Morgan fingerprint density at radius 3 is 2.34 bits per heavy atom. The molecule has 0 aliphatic heterocycles. The number of aromatic nitrogens is 1. The number of anilines is 2. The Labute approximate surface area is 205 Å². The first-order chi connectivity index (χ1) is 16.9. The number of amides is 1. The standard InChI is InChI=1S/C26H18FN3O3S2/c27-19-10-14-21(15-11-19)35(32,33)30-20-12-8-18(9-13-20)25(31)29-26-28-24(16-34-26)23-7-3-5-17-4-1-2-6-22(17)23/h1-16,30H,(H,28,29,31). The molecule has 0 saturated carbocycles. The third kappa shape index (κ3) is 4.91. The summed E-state index contributed by atoms with van der Waals surface area (Å²) in [6.07, 6.45) is 0. The maximum absolute atomic E-state index is 13.1.